The average molecular weight is 1580 g/mol. The van der Waals surface area contributed by atoms with Gasteiger partial charge in [0.15, 0.2) is 28.8 Å². The van der Waals surface area contributed by atoms with Crippen LogP contribution in [0, 0.1) is 5.41 Å². The number of nitrogens with two attached hydrogens (primary N) is 4. The van der Waals surface area contributed by atoms with E-state index < -0.39 is 187 Å². The van der Waals surface area contributed by atoms with Crippen LogP contribution in [0.1, 0.15) is 77.0 Å². The van der Waals surface area contributed by atoms with Crippen LogP contribution >= 0.6 is 56.8 Å². The lowest BCUT2D eigenvalue weighted by molar-refractivity contribution is -0.142. The lowest BCUT2D eigenvalue weighted by atomic mass is 9.87. The molecule has 0 spiro atoms. The molecule has 4 aromatic rings. The number of phosphoric acid groups is 3. The maximum atomic E-state index is 14.8. The zero-order valence-electron chi connectivity index (χ0n) is 55.8. The average Bonchev–Trinajstić information content (AvgIpc) is 1.62. The van der Waals surface area contributed by atoms with Gasteiger partial charge in [0.25, 0.3) is 0 Å². The molecule has 0 radical (unpaired) electrons. The van der Waals surface area contributed by atoms with Crippen molar-refractivity contribution in [3.63, 3.8) is 0 Å². The number of carbonyl (C=O) groups is 10. The summed E-state index contributed by atoms with van der Waals surface area (Å²) in [6, 6.07) is 0.425. The van der Waals surface area contributed by atoms with E-state index in [0.717, 1.165) is 28.0 Å². The Hall–Kier alpha value is -7.42. The highest BCUT2D eigenvalue weighted by atomic mass is 33.1. The Bertz CT molecular complexity index is 3940. The number of para-hydroxylation sites is 1. The molecule has 6 heterocycles. The highest BCUT2D eigenvalue weighted by molar-refractivity contribution is 8.76. The SMILES string of the molecule is CC(C)(COP(=O)(O)OP(=O)(O)OCC1OC(n2cnc3c(N)ncnc32)C(O)C1OP(=O)(O)O)C(O)C(=O)NCCC(=O)NCCSC(=O)CC1NC(=O)CNC(=O)C(CCCCN=C(N)N)NC(=O)CCSSCC(C(N)=O)NC(=O)C2CCCN2C(=O)C(Cc2c[nH]c3ccccc23)NC1=O. The third-order valence-electron chi connectivity index (χ3n) is 16.0. The molecule has 0 saturated carbocycles. The van der Waals surface area contributed by atoms with Gasteiger partial charge in [0.1, 0.15) is 66.5 Å². The molecule has 48 heteroatoms. The second-order valence-electron chi connectivity index (χ2n) is 24.4. The number of rotatable bonds is 29. The van der Waals surface area contributed by atoms with Crippen molar-refractivity contribution in [2.75, 3.05) is 68.9 Å². The second-order valence-corrected chi connectivity index (χ2v) is 32.4. The molecule has 3 saturated heterocycles. The van der Waals surface area contributed by atoms with Crippen molar-refractivity contribution < 1.29 is 114 Å². The number of aromatic amines is 1. The number of nitrogen functional groups attached to an aromatic ring is 1. The minimum Gasteiger partial charge on any atom is -0.386 e. The van der Waals surface area contributed by atoms with Gasteiger partial charge in [-0.2, -0.15) is 4.31 Å². The number of unbranched alkanes of at least 4 members (excludes halogenated alkanes) is 1. The lowest BCUT2D eigenvalue weighted by Crippen LogP contribution is -2.59. The van der Waals surface area contributed by atoms with Gasteiger partial charge < -0.3 is 105 Å². The van der Waals surface area contributed by atoms with E-state index in [1.165, 1.54) is 29.5 Å². The van der Waals surface area contributed by atoms with Crippen LogP contribution in [-0.4, -0.2) is 241 Å². The Morgan fingerprint density at radius 1 is 0.885 bits per heavy atom. The van der Waals surface area contributed by atoms with E-state index in [1.54, 1.807) is 30.5 Å². The van der Waals surface area contributed by atoms with E-state index in [9.17, 15) is 91.4 Å². The maximum Gasteiger partial charge on any atom is 0.481 e. The highest BCUT2D eigenvalue weighted by Crippen LogP contribution is 2.61. The van der Waals surface area contributed by atoms with Gasteiger partial charge in [-0.25, -0.2) is 28.6 Å². The maximum absolute atomic E-state index is 14.8. The first kappa shape index (κ1) is 83.8. The number of hydrogen-bond donors (Lipinski definition) is 18. The highest BCUT2D eigenvalue weighted by Gasteiger charge is 2.51. The van der Waals surface area contributed by atoms with Gasteiger partial charge >= 0.3 is 23.5 Å². The molecule has 3 aliphatic heterocycles. The molecule has 12 unspecified atom stereocenters. The van der Waals surface area contributed by atoms with Gasteiger partial charge in [-0.1, -0.05) is 65.4 Å². The zero-order chi connectivity index (χ0) is 76.3. The van der Waals surface area contributed by atoms with Crippen LogP contribution in [0.15, 0.2) is 48.1 Å². The normalized spacial score (nSPS) is 23.8. The fourth-order valence-corrected chi connectivity index (χ4v) is 16.5. The summed E-state index contributed by atoms with van der Waals surface area (Å²) < 4.78 is 63.1. The van der Waals surface area contributed by atoms with E-state index >= 15 is 0 Å². The number of nitrogens with one attached hydrogen (secondary N) is 8. The molecule has 574 valence electrons. The summed E-state index contributed by atoms with van der Waals surface area (Å²) in [4.78, 5) is 197. The predicted octanol–water partition coefficient (Wildman–Crippen LogP) is -3.46. The van der Waals surface area contributed by atoms with Gasteiger partial charge in [0.05, 0.1) is 26.1 Å². The summed E-state index contributed by atoms with van der Waals surface area (Å²) >= 11 is 0.632. The number of nitrogens with zero attached hydrogens (tertiary/aromatic N) is 6. The molecule has 0 aliphatic carbocycles. The predicted molar refractivity (Wildman–Crippen MR) is 372 cm³/mol. The molecule has 104 heavy (non-hydrogen) atoms. The van der Waals surface area contributed by atoms with Gasteiger partial charge in [0.2, 0.25) is 53.2 Å². The quantitative estimate of drug-likeness (QED) is 0.00826. The Morgan fingerprint density at radius 2 is 1.62 bits per heavy atom. The minimum absolute atomic E-state index is 0.0146. The third-order valence-corrected chi connectivity index (χ3v) is 22.4. The van der Waals surface area contributed by atoms with Gasteiger partial charge in [-0.15, -0.1) is 0 Å². The molecule has 12 atom stereocenters. The number of benzene rings is 1. The number of amides is 9. The standard InChI is InChI=1S/C56H83N18O24P3S3/c1-56(2,26-95-101(92,93)98-100(90,91)94-24-37-44(97-99(87,88)89)43(79)54(96-37)74-28-68-42-46(57)66-27-67-48(42)74)45(80)52(85)62-15-12-38(75)61-16-19-102-41(78)21-33-50(83)71-34(20-29-22-64-31-9-4-3-8-30(29)31)53(86)73-17-7-11-36(73)51(84)72-35(47(58)81)25-104-103-18-13-39(76)69-32(10-5-6-14-63-55(59)60)49(82)65-23-40(77)70-33/h3-4,8-9,22,27-28,32-37,43-45,54,64,79-80H,5-7,10-21,23-26H2,1-2H3,(H2,58,81)(H,61,75)(H,62,85)(H,65,82)(H,69,76)(H,70,77)(H,71,83)(H,72,84)(H,90,91)(H,92,93)(H2,57,66,67)(H4,59,60,63)(H2,87,88,89). The molecule has 9 amide bonds. The van der Waals surface area contributed by atoms with Gasteiger partial charge in [0, 0.05) is 91.6 Å². The number of H-pyrrole nitrogens is 1. The van der Waals surface area contributed by atoms with E-state index in [1.807, 2.05) is 0 Å². The molecule has 0 bridgehead atoms. The molecule has 1 aromatic carbocycles. The summed E-state index contributed by atoms with van der Waals surface area (Å²) in [6.45, 7) is -0.936. The van der Waals surface area contributed by atoms with Gasteiger partial charge in [-0.3, -0.25) is 71.1 Å². The van der Waals surface area contributed by atoms with Gasteiger partial charge in [-0.05, 0) is 43.7 Å². The fraction of sp³-hybridized carbons (Fsp3) is 0.571. The molecule has 3 aliphatic rings. The molecule has 42 nitrogen and oxygen atoms in total. The van der Waals surface area contributed by atoms with Crippen LogP contribution in [0.2, 0.25) is 0 Å². The number of aromatic nitrogens is 5. The van der Waals surface area contributed by atoms with Crippen LogP contribution in [0.4, 0.5) is 5.82 Å². The topological polar surface area (TPSA) is 653 Å². The Balaban J connectivity index is 0.937. The lowest BCUT2D eigenvalue weighted by Gasteiger charge is -2.30. The number of anilines is 1. The number of aliphatic hydroxyl groups is 2. The Kier molecular flexibility index (Phi) is 30.8. The van der Waals surface area contributed by atoms with Crippen LogP contribution in [0.3, 0.4) is 0 Å². The molecular weight excluding hydrogens is 1500 g/mol. The Morgan fingerprint density at radius 3 is 2.35 bits per heavy atom. The van der Waals surface area contributed by atoms with Crippen molar-refractivity contribution >= 4 is 149 Å². The van der Waals surface area contributed by atoms with Crippen molar-refractivity contribution in [2.45, 2.75) is 132 Å². The van der Waals surface area contributed by atoms with Crippen molar-refractivity contribution in [2.24, 2.45) is 27.6 Å². The molecule has 3 aromatic heterocycles. The number of hydrogen-bond acceptors (Lipinski definition) is 28. The number of guanidine groups is 1. The molecule has 3 fully saturated rings. The first-order chi connectivity index (χ1) is 49.0. The van der Waals surface area contributed by atoms with Crippen molar-refractivity contribution in [3.8, 4) is 0 Å². The fourth-order valence-electron chi connectivity index (χ4n) is 10.7. The summed E-state index contributed by atoms with van der Waals surface area (Å²) in [5.41, 5.74) is 21.9. The number of ether oxygens (including phenoxy) is 1. The van der Waals surface area contributed by atoms with E-state index in [4.69, 9.17) is 36.7 Å². The second kappa shape index (κ2) is 38.2. The van der Waals surface area contributed by atoms with E-state index in [-0.39, 0.29) is 85.5 Å². The number of phosphoric ester groups is 3. The van der Waals surface area contributed by atoms with Crippen LogP contribution in [-0.2, 0) is 90.7 Å². The van der Waals surface area contributed by atoms with E-state index in [0.29, 0.717) is 47.5 Å². The van der Waals surface area contributed by atoms with Crippen molar-refractivity contribution in [1.82, 2.24) is 66.6 Å². The number of thioether (sulfide) groups is 1. The first-order valence-electron chi connectivity index (χ1n) is 32.0. The number of fused-ring (bicyclic) bond motifs is 3. The molecule has 7 rings (SSSR count). The molecule has 22 N–H and O–H groups in total. The molecular formula is C56H83N18O24P3S3. The number of carbonyl (C=O) groups excluding carboxylic acids is 10. The minimum atomic E-state index is -5.70. The Labute approximate surface area is 604 Å². The monoisotopic (exact) mass is 1580 g/mol. The van der Waals surface area contributed by atoms with Crippen LogP contribution < -0.4 is 60.2 Å². The van der Waals surface area contributed by atoms with Crippen LogP contribution in [0.5, 0.6) is 0 Å². The summed E-state index contributed by atoms with van der Waals surface area (Å²) in [7, 11) is -14.4. The van der Waals surface area contributed by atoms with Crippen molar-refractivity contribution in [1.29, 1.82) is 0 Å². The number of imidazole rings is 1. The third kappa shape index (κ3) is 25.1. The largest absolute Gasteiger partial charge is 0.481 e. The smallest absolute Gasteiger partial charge is 0.386 e. The first-order valence-corrected chi connectivity index (χ1v) is 40.0. The van der Waals surface area contributed by atoms with Crippen LogP contribution in [0.25, 0.3) is 22.1 Å². The number of aliphatic imine (C=N–C) groups is 1. The summed E-state index contributed by atoms with van der Waals surface area (Å²) in [5.74, 6) is -7.58. The summed E-state index contributed by atoms with van der Waals surface area (Å²) in [5, 5.41) is 39.7. The zero-order valence-corrected chi connectivity index (χ0v) is 61.0. The van der Waals surface area contributed by atoms with E-state index in [2.05, 4.69) is 71.0 Å². The number of aliphatic hydroxyl groups excluding tert-OH is 2. The van der Waals surface area contributed by atoms with Crippen molar-refractivity contribution in [3.05, 3.63) is 48.7 Å². The summed E-state index contributed by atoms with van der Waals surface area (Å²) in [6.07, 6.45) is -5.68. The number of primary amides is 1.